The first-order valence-electron chi connectivity index (χ1n) is 5.97. The Labute approximate surface area is 102 Å². The number of anilines is 1. The van der Waals surface area contributed by atoms with Crippen LogP contribution in [-0.2, 0) is 6.42 Å². The summed E-state index contributed by atoms with van der Waals surface area (Å²) in [5.41, 5.74) is 10.1. The van der Waals surface area contributed by atoms with Gasteiger partial charge in [-0.1, -0.05) is 38.1 Å². The Balaban J connectivity index is 2.56. The van der Waals surface area contributed by atoms with E-state index in [1.54, 1.807) is 6.07 Å². The molecule has 1 aromatic carbocycles. The highest BCUT2D eigenvalue weighted by atomic mass is 16.5. The summed E-state index contributed by atoms with van der Waals surface area (Å²) < 4.78 is 4.95. The van der Waals surface area contributed by atoms with E-state index in [9.17, 15) is 0 Å². The zero-order chi connectivity index (χ0) is 12.4. The van der Waals surface area contributed by atoms with Gasteiger partial charge >= 0.3 is 0 Å². The zero-order valence-corrected chi connectivity index (χ0v) is 10.5. The Morgan fingerprint density at radius 2 is 2.06 bits per heavy atom. The van der Waals surface area contributed by atoms with Crippen molar-refractivity contribution >= 4 is 5.88 Å². The minimum Gasteiger partial charge on any atom is -0.368 e. The predicted octanol–water partition coefficient (Wildman–Crippen LogP) is 3.61. The lowest BCUT2D eigenvalue weighted by atomic mass is 9.93. The van der Waals surface area contributed by atoms with Crippen molar-refractivity contribution in [2.75, 3.05) is 5.73 Å². The number of rotatable bonds is 3. The Morgan fingerprint density at radius 1 is 1.29 bits per heavy atom. The number of nitrogens with two attached hydrogens (primary N) is 1. The van der Waals surface area contributed by atoms with Crippen molar-refractivity contribution < 1.29 is 4.52 Å². The molecule has 3 nitrogen and oxygen atoms in total. The molecule has 0 spiro atoms. The summed E-state index contributed by atoms with van der Waals surface area (Å²) in [7, 11) is 0. The molecule has 0 amide bonds. The number of nitrogens with zero attached hydrogens (tertiary/aromatic N) is 1. The van der Waals surface area contributed by atoms with E-state index in [2.05, 4.69) is 44.1 Å². The molecule has 2 rings (SSSR count). The van der Waals surface area contributed by atoms with Crippen LogP contribution in [-0.4, -0.2) is 5.16 Å². The molecule has 3 heteroatoms. The fourth-order valence-electron chi connectivity index (χ4n) is 1.96. The van der Waals surface area contributed by atoms with Gasteiger partial charge in [-0.25, -0.2) is 0 Å². The van der Waals surface area contributed by atoms with Gasteiger partial charge in [-0.3, -0.25) is 0 Å². The number of hydrogen-bond donors (Lipinski definition) is 1. The van der Waals surface area contributed by atoms with Gasteiger partial charge in [0.1, 0.15) is 5.69 Å². The maximum absolute atomic E-state index is 5.58. The van der Waals surface area contributed by atoms with Crippen LogP contribution in [0.1, 0.15) is 37.8 Å². The third-order valence-corrected chi connectivity index (χ3v) is 2.95. The van der Waals surface area contributed by atoms with E-state index in [4.69, 9.17) is 10.3 Å². The van der Waals surface area contributed by atoms with Crippen LogP contribution >= 0.6 is 0 Å². The lowest BCUT2D eigenvalue weighted by molar-refractivity contribution is 0.439. The van der Waals surface area contributed by atoms with E-state index in [1.165, 1.54) is 11.1 Å². The van der Waals surface area contributed by atoms with Crippen LogP contribution in [0.15, 0.2) is 28.8 Å². The molecule has 0 bridgehead atoms. The number of hydrogen-bond acceptors (Lipinski definition) is 3. The molecule has 90 valence electrons. The first-order chi connectivity index (χ1) is 8.11. The van der Waals surface area contributed by atoms with E-state index in [1.807, 2.05) is 0 Å². The maximum atomic E-state index is 5.58. The van der Waals surface area contributed by atoms with Gasteiger partial charge in [0.25, 0.3) is 0 Å². The molecule has 0 atom stereocenters. The molecule has 0 aliphatic rings. The average molecular weight is 230 g/mol. The minimum atomic E-state index is 0.358. The molecule has 0 unspecified atom stereocenters. The van der Waals surface area contributed by atoms with Crippen molar-refractivity contribution in [2.24, 2.45) is 0 Å². The van der Waals surface area contributed by atoms with E-state index < -0.39 is 0 Å². The second kappa shape index (κ2) is 4.62. The van der Waals surface area contributed by atoms with Crippen LogP contribution in [0.5, 0.6) is 0 Å². The van der Waals surface area contributed by atoms with E-state index in [0.29, 0.717) is 11.8 Å². The Morgan fingerprint density at radius 3 is 2.59 bits per heavy atom. The van der Waals surface area contributed by atoms with Crippen LogP contribution in [0.3, 0.4) is 0 Å². The lowest BCUT2D eigenvalue weighted by Crippen LogP contribution is -1.94. The van der Waals surface area contributed by atoms with Crippen molar-refractivity contribution in [1.82, 2.24) is 5.16 Å². The first kappa shape index (κ1) is 11.7. The predicted molar refractivity (Wildman–Crippen MR) is 69.8 cm³/mol. The Kier molecular flexibility index (Phi) is 3.18. The molecule has 0 aliphatic heterocycles. The van der Waals surface area contributed by atoms with Gasteiger partial charge in [-0.2, -0.15) is 0 Å². The van der Waals surface area contributed by atoms with Crippen molar-refractivity contribution in [3.63, 3.8) is 0 Å². The molecule has 0 fully saturated rings. The molecule has 2 aromatic rings. The fraction of sp³-hybridized carbons (Fsp3) is 0.357. The molecule has 17 heavy (non-hydrogen) atoms. The van der Waals surface area contributed by atoms with E-state index >= 15 is 0 Å². The molecule has 2 N–H and O–H groups in total. The standard InChI is InChI=1S/C14H18N2O/c1-4-10-5-6-11(9(2)3)12(7-10)13-8-14(15)17-16-13/h5-9H,4,15H2,1-3H3. The second-order valence-corrected chi connectivity index (χ2v) is 4.54. The summed E-state index contributed by atoms with van der Waals surface area (Å²) in [6, 6.07) is 8.29. The third-order valence-electron chi connectivity index (χ3n) is 2.95. The second-order valence-electron chi connectivity index (χ2n) is 4.54. The van der Waals surface area contributed by atoms with Crippen LogP contribution < -0.4 is 5.73 Å². The number of aromatic nitrogens is 1. The van der Waals surface area contributed by atoms with Crippen molar-refractivity contribution in [2.45, 2.75) is 33.1 Å². The largest absolute Gasteiger partial charge is 0.368 e. The van der Waals surface area contributed by atoms with Gasteiger partial charge in [-0.15, -0.1) is 0 Å². The van der Waals surface area contributed by atoms with Gasteiger partial charge in [-0.05, 0) is 29.5 Å². The van der Waals surface area contributed by atoms with Crippen molar-refractivity contribution in [3.8, 4) is 11.3 Å². The summed E-state index contributed by atoms with van der Waals surface area (Å²) >= 11 is 0. The SMILES string of the molecule is CCc1ccc(C(C)C)c(-c2cc(N)on2)c1. The number of benzene rings is 1. The monoisotopic (exact) mass is 230 g/mol. The summed E-state index contributed by atoms with van der Waals surface area (Å²) in [5.74, 6) is 0.811. The molecular weight excluding hydrogens is 212 g/mol. The molecule has 0 saturated carbocycles. The molecule has 0 saturated heterocycles. The lowest BCUT2D eigenvalue weighted by Gasteiger charge is -2.12. The average Bonchev–Trinajstić information content (AvgIpc) is 2.75. The van der Waals surface area contributed by atoms with Gasteiger partial charge in [0.15, 0.2) is 0 Å². The van der Waals surface area contributed by atoms with Gasteiger partial charge in [0.05, 0.1) is 0 Å². The van der Waals surface area contributed by atoms with Crippen LogP contribution in [0, 0.1) is 0 Å². The number of nitrogen functional groups attached to an aromatic ring is 1. The van der Waals surface area contributed by atoms with Crippen LogP contribution in [0.4, 0.5) is 5.88 Å². The third kappa shape index (κ3) is 2.33. The zero-order valence-electron chi connectivity index (χ0n) is 10.5. The quantitative estimate of drug-likeness (QED) is 0.876. The van der Waals surface area contributed by atoms with Crippen molar-refractivity contribution in [3.05, 3.63) is 35.4 Å². The fourth-order valence-corrected chi connectivity index (χ4v) is 1.96. The summed E-state index contributed by atoms with van der Waals surface area (Å²) in [5, 5.41) is 4.00. The highest BCUT2D eigenvalue weighted by Gasteiger charge is 2.12. The summed E-state index contributed by atoms with van der Waals surface area (Å²) in [6.07, 6.45) is 1.01. The number of aryl methyl sites for hydroxylation is 1. The molecule has 1 heterocycles. The highest BCUT2D eigenvalue weighted by Crippen LogP contribution is 2.30. The van der Waals surface area contributed by atoms with Crippen molar-refractivity contribution in [1.29, 1.82) is 0 Å². The van der Waals surface area contributed by atoms with Gasteiger partial charge in [0.2, 0.25) is 5.88 Å². The van der Waals surface area contributed by atoms with Crippen LogP contribution in [0.25, 0.3) is 11.3 Å². The first-order valence-corrected chi connectivity index (χ1v) is 5.97. The molecule has 0 aliphatic carbocycles. The highest BCUT2D eigenvalue weighted by molar-refractivity contribution is 5.66. The van der Waals surface area contributed by atoms with Crippen LogP contribution in [0.2, 0.25) is 0 Å². The molecular formula is C14H18N2O. The summed E-state index contributed by atoms with van der Waals surface area (Å²) in [4.78, 5) is 0. The smallest absolute Gasteiger partial charge is 0.222 e. The molecule has 1 aromatic heterocycles. The topological polar surface area (TPSA) is 52.0 Å². The normalized spacial score (nSPS) is 11.1. The minimum absolute atomic E-state index is 0.358. The maximum Gasteiger partial charge on any atom is 0.222 e. The summed E-state index contributed by atoms with van der Waals surface area (Å²) in [6.45, 7) is 6.49. The van der Waals surface area contributed by atoms with Gasteiger partial charge < -0.3 is 10.3 Å². The Bertz CT molecular complexity index is 515. The molecule has 0 radical (unpaired) electrons. The van der Waals surface area contributed by atoms with Gasteiger partial charge in [0, 0.05) is 11.6 Å². The van der Waals surface area contributed by atoms with E-state index in [-0.39, 0.29) is 0 Å². The Hall–Kier alpha value is -1.77. The van der Waals surface area contributed by atoms with E-state index in [0.717, 1.165) is 17.7 Å².